The number of benzene rings is 1. The van der Waals surface area contributed by atoms with Crippen molar-refractivity contribution in [2.75, 3.05) is 14.2 Å². The summed E-state index contributed by atoms with van der Waals surface area (Å²) in [5.74, 6) is -0.671. The number of amides is 1. The van der Waals surface area contributed by atoms with Crippen molar-refractivity contribution in [1.82, 2.24) is 10.0 Å². The van der Waals surface area contributed by atoms with Gasteiger partial charge in [-0.2, -0.15) is 0 Å². The van der Waals surface area contributed by atoms with Crippen LogP contribution >= 0.6 is 11.6 Å². The number of pyridine rings is 1. The summed E-state index contributed by atoms with van der Waals surface area (Å²) in [6.07, 6.45) is -3.41. The predicted octanol–water partition coefficient (Wildman–Crippen LogP) is 2.41. The molecule has 28 heavy (non-hydrogen) atoms. The second-order valence-electron chi connectivity index (χ2n) is 5.57. The van der Waals surface area contributed by atoms with Crippen molar-refractivity contribution in [3.05, 3.63) is 52.3 Å². The first-order chi connectivity index (χ1) is 12.9. The van der Waals surface area contributed by atoms with Crippen LogP contribution in [0.1, 0.15) is 21.6 Å². The molecule has 2 rings (SSSR count). The zero-order valence-electron chi connectivity index (χ0n) is 14.8. The van der Waals surface area contributed by atoms with E-state index in [0.29, 0.717) is 11.6 Å². The molecule has 6 nitrogen and oxygen atoms in total. The second-order valence-corrected chi connectivity index (χ2v) is 12.8. The normalized spacial score (nSPS) is 12.5. The third-order valence-electron chi connectivity index (χ3n) is 3.53. The van der Waals surface area contributed by atoms with Crippen LogP contribution in [-0.2, 0) is 19.1 Å². The van der Waals surface area contributed by atoms with E-state index in [2.05, 4.69) is 4.98 Å². The average molecular weight is 498 g/mol. The summed E-state index contributed by atoms with van der Waals surface area (Å²) in [6.45, 7) is 1.66. The molecule has 0 aliphatic carbocycles. The summed E-state index contributed by atoms with van der Waals surface area (Å²) in [6, 6.07) is 3.87. The van der Waals surface area contributed by atoms with Crippen molar-refractivity contribution in [1.29, 1.82) is 0 Å². The number of hydrogen-bond donors (Lipinski definition) is 0. The number of aryl methyl sites for hydroxylation is 1. The molecule has 12 heteroatoms. The molecule has 0 spiro atoms. The quantitative estimate of drug-likeness (QED) is 0.468. The minimum absolute atomic E-state index is 0.133. The molecule has 0 N–H and O–H groups in total. The third kappa shape index (κ3) is 5.05. The van der Waals surface area contributed by atoms with Gasteiger partial charge in [0, 0.05) is 0 Å². The Labute approximate surface area is 170 Å². The van der Waals surface area contributed by atoms with E-state index >= 15 is 0 Å². The van der Waals surface area contributed by atoms with Crippen molar-refractivity contribution in [2.45, 2.75) is 18.0 Å². The molecule has 0 fully saturated rings. The zero-order valence-corrected chi connectivity index (χ0v) is 18.2. The summed E-state index contributed by atoms with van der Waals surface area (Å²) in [5, 5.41) is 0.274. The fourth-order valence-electron chi connectivity index (χ4n) is 2.08. The van der Waals surface area contributed by atoms with E-state index in [4.69, 9.17) is 16.4 Å². The van der Waals surface area contributed by atoms with Crippen LogP contribution in [0.25, 0.3) is 0 Å². The van der Waals surface area contributed by atoms with Gasteiger partial charge in [-0.1, -0.05) is 0 Å². The van der Waals surface area contributed by atoms with Crippen LogP contribution in [0.15, 0.2) is 35.4 Å². The van der Waals surface area contributed by atoms with Gasteiger partial charge in [-0.25, -0.2) is 0 Å². The van der Waals surface area contributed by atoms with E-state index in [1.807, 2.05) is 0 Å². The number of rotatable bonds is 5. The Morgan fingerprint density at radius 1 is 1.29 bits per heavy atom. The van der Waals surface area contributed by atoms with Crippen molar-refractivity contribution in [2.24, 2.45) is 0 Å². The predicted molar refractivity (Wildman–Crippen MR) is 97.1 cm³/mol. The average Bonchev–Trinajstić information content (AvgIpc) is 2.59. The molecule has 1 heterocycles. The van der Waals surface area contributed by atoms with Crippen LogP contribution in [0, 0.1) is 6.92 Å². The van der Waals surface area contributed by atoms with Gasteiger partial charge in [-0.15, -0.1) is 0 Å². The summed E-state index contributed by atoms with van der Waals surface area (Å²) in [4.78, 5) is 20.6. The maximum atomic E-state index is 13.0. The Hall–Kier alpha value is -1.61. The van der Waals surface area contributed by atoms with Crippen LogP contribution in [0.2, 0.25) is 5.02 Å². The number of halogens is 4. The molecule has 0 atom stereocenters. The molecular weight excluding hydrogens is 484 g/mol. The molecule has 0 unspecified atom stereocenters. The van der Waals surface area contributed by atoms with E-state index in [-0.39, 0.29) is 10.0 Å². The molecule has 1 amide bonds. The Morgan fingerprint density at radius 3 is 2.50 bits per heavy atom. The summed E-state index contributed by atoms with van der Waals surface area (Å²) >= 11 is 3.77. The molecular formula is C16H14AsClF3N2O4S. The standard InChI is InChI=1S/C16H14AsClF3N2O4S/c1-9-6-12(14(22-8-9)15(24)23(2)27-3)17-28(25,26)10-4-5-13(18)11(7-10)16(19,20)21/h4-8H,1-3H3. The van der Waals surface area contributed by atoms with Crippen molar-refractivity contribution >= 4 is 44.6 Å². The zero-order chi connectivity index (χ0) is 21.3. The topological polar surface area (TPSA) is 76.6 Å². The van der Waals surface area contributed by atoms with Crippen molar-refractivity contribution in [3.63, 3.8) is 0 Å². The Bertz CT molecular complexity index is 1020. The second kappa shape index (κ2) is 8.40. The van der Waals surface area contributed by atoms with E-state index in [0.717, 1.165) is 17.2 Å². The fourth-order valence-corrected chi connectivity index (χ4v) is 7.95. The molecule has 0 saturated carbocycles. The van der Waals surface area contributed by atoms with Crippen LogP contribution < -0.4 is 4.35 Å². The maximum absolute atomic E-state index is 13.0. The molecule has 0 bridgehead atoms. The first kappa shape index (κ1) is 22.7. The third-order valence-corrected chi connectivity index (χ3v) is 9.94. The molecule has 0 aliphatic rings. The molecule has 1 aromatic carbocycles. The SMILES string of the molecule is CON(C)C(=O)c1ncc(C)cc1[As]S(=O)(=O)c1ccc(Cl)c(C(F)(F)F)c1. The van der Waals surface area contributed by atoms with Gasteiger partial charge < -0.3 is 0 Å². The Morgan fingerprint density at radius 2 is 1.93 bits per heavy atom. The Balaban J connectivity index is 2.51. The van der Waals surface area contributed by atoms with Crippen LogP contribution in [0.4, 0.5) is 13.2 Å². The number of alkyl halides is 3. The summed E-state index contributed by atoms with van der Waals surface area (Å²) < 4.78 is 64.8. The van der Waals surface area contributed by atoms with Gasteiger partial charge in [0.1, 0.15) is 0 Å². The van der Waals surface area contributed by atoms with Gasteiger partial charge in [0.15, 0.2) is 0 Å². The first-order valence-corrected chi connectivity index (χ1v) is 12.6. The molecule has 0 saturated heterocycles. The van der Waals surface area contributed by atoms with Gasteiger partial charge in [0.05, 0.1) is 0 Å². The molecule has 0 aliphatic heterocycles. The number of carbonyl (C=O) groups is 1. The van der Waals surface area contributed by atoms with E-state index in [9.17, 15) is 26.4 Å². The van der Waals surface area contributed by atoms with Crippen LogP contribution in [0.3, 0.4) is 0 Å². The molecule has 2 aromatic rings. The van der Waals surface area contributed by atoms with E-state index in [1.165, 1.54) is 26.4 Å². The van der Waals surface area contributed by atoms with Crippen molar-refractivity contribution < 1.29 is 31.2 Å². The summed E-state index contributed by atoms with van der Waals surface area (Å²) in [5.41, 5.74) is -0.776. The molecule has 1 aromatic heterocycles. The van der Waals surface area contributed by atoms with Crippen LogP contribution in [0.5, 0.6) is 0 Å². The molecule has 151 valence electrons. The van der Waals surface area contributed by atoms with Gasteiger partial charge >= 0.3 is 170 Å². The van der Waals surface area contributed by atoms with E-state index < -0.39 is 50.3 Å². The van der Waals surface area contributed by atoms with E-state index in [1.54, 1.807) is 6.92 Å². The first-order valence-electron chi connectivity index (χ1n) is 7.50. The van der Waals surface area contributed by atoms with Gasteiger partial charge in [-0.3, -0.25) is 0 Å². The molecule has 1 radical (unpaired) electrons. The number of carbonyl (C=O) groups excluding carboxylic acids is 1. The number of hydroxylamine groups is 2. The Kier molecular flexibility index (Phi) is 6.81. The number of aromatic nitrogens is 1. The van der Waals surface area contributed by atoms with Crippen molar-refractivity contribution in [3.8, 4) is 0 Å². The minimum atomic E-state index is -4.80. The fraction of sp³-hybridized carbons (Fsp3) is 0.250. The number of nitrogens with zero attached hydrogens (tertiary/aromatic N) is 2. The van der Waals surface area contributed by atoms with Gasteiger partial charge in [-0.05, 0) is 0 Å². The van der Waals surface area contributed by atoms with Gasteiger partial charge in [0.2, 0.25) is 0 Å². The monoisotopic (exact) mass is 497 g/mol. The van der Waals surface area contributed by atoms with Crippen LogP contribution in [-0.4, -0.2) is 53.1 Å². The number of hydrogen-bond acceptors (Lipinski definition) is 5. The summed E-state index contributed by atoms with van der Waals surface area (Å²) in [7, 11) is -1.56. The van der Waals surface area contributed by atoms with Gasteiger partial charge in [0.25, 0.3) is 0 Å².